The molecule has 0 bridgehead atoms. The molecule has 2 aliphatic rings. The van der Waals surface area contributed by atoms with Gasteiger partial charge < -0.3 is 19.7 Å². The van der Waals surface area contributed by atoms with Gasteiger partial charge >= 0.3 is 11.9 Å². The van der Waals surface area contributed by atoms with Crippen molar-refractivity contribution >= 4 is 84.4 Å². The summed E-state index contributed by atoms with van der Waals surface area (Å²) >= 11 is 10.8. The molecular formula is C44H59BrN2O4S4. The van der Waals surface area contributed by atoms with Crippen molar-refractivity contribution in [3.63, 3.8) is 0 Å². The third-order valence-electron chi connectivity index (χ3n) is 9.72. The maximum atomic E-state index is 12.1. The second-order valence-corrected chi connectivity index (χ2v) is 18.4. The van der Waals surface area contributed by atoms with E-state index in [9.17, 15) is 9.59 Å². The molecule has 2 saturated heterocycles. The second-order valence-electron chi connectivity index (χ2n) is 13.9. The molecule has 6 nitrogen and oxygen atoms in total. The zero-order valence-corrected chi connectivity index (χ0v) is 38.3. The molecule has 2 fully saturated rings. The smallest absolute Gasteiger partial charge is 0.310 e. The predicted molar refractivity (Wildman–Crippen MR) is 241 cm³/mol. The van der Waals surface area contributed by atoms with Crippen molar-refractivity contribution < 1.29 is 19.1 Å². The summed E-state index contributed by atoms with van der Waals surface area (Å²) in [5.74, 6) is 0.0754. The molecule has 2 unspecified atom stereocenters. The van der Waals surface area contributed by atoms with E-state index in [4.69, 9.17) is 9.47 Å². The molecule has 0 spiro atoms. The van der Waals surface area contributed by atoms with Gasteiger partial charge in [0.15, 0.2) is 0 Å². The van der Waals surface area contributed by atoms with Crippen LogP contribution in [-0.4, -0.2) is 68.1 Å². The third kappa shape index (κ3) is 13.9. The molecule has 6 heterocycles. The number of allylic oxidation sites excluding steroid dienone is 1. The van der Waals surface area contributed by atoms with Gasteiger partial charge in [-0.05, 0) is 161 Å². The number of nitrogens with zero attached hydrogens (tertiary/aromatic N) is 1. The van der Waals surface area contributed by atoms with Gasteiger partial charge in [-0.2, -0.15) is 0 Å². The number of likely N-dealkylation sites (tertiary alicyclic amines) is 1. The number of carbonyl (C=O) groups is 2. The number of aryl methyl sites for hydroxylation is 4. The molecule has 0 aliphatic carbocycles. The molecule has 55 heavy (non-hydrogen) atoms. The van der Waals surface area contributed by atoms with Gasteiger partial charge in [-0.25, -0.2) is 0 Å². The normalized spacial score (nSPS) is 16.9. The van der Waals surface area contributed by atoms with Gasteiger partial charge in [0.1, 0.15) is 0 Å². The Bertz CT molecular complexity index is 1730. The fourth-order valence-corrected chi connectivity index (χ4v) is 11.0. The van der Waals surface area contributed by atoms with Gasteiger partial charge in [0.05, 0.1) is 25.0 Å². The average molecular weight is 888 g/mol. The molecule has 1 N–H and O–H groups in total. The molecule has 6 rings (SSSR count). The number of carbonyl (C=O) groups excluding carboxylic acids is 2. The summed E-state index contributed by atoms with van der Waals surface area (Å²) in [6, 6.07) is 8.80. The van der Waals surface area contributed by atoms with E-state index in [-0.39, 0.29) is 23.8 Å². The van der Waals surface area contributed by atoms with Gasteiger partial charge in [0.2, 0.25) is 0 Å². The topological polar surface area (TPSA) is 67.9 Å². The van der Waals surface area contributed by atoms with Crippen LogP contribution in [0.15, 0.2) is 57.9 Å². The van der Waals surface area contributed by atoms with Crippen LogP contribution < -0.4 is 5.32 Å². The number of alkyl halides is 1. The lowest BCUT2D eigenvalue weighted by molar-refractivity contribution is -0.150. The van der Waals surface area contributed by atoms with Gasteiger partial charge in [0.25, 0.3) is 0 Å². The minimum absolute atomic E-state index is 0.0261. The third-order valence-corrected chi connectivity index (χ3v) is 14.4. The van der Waals surface area contributed by atoms with Crippen molar-refractivity contribution in [2.75, 3.05) is 51.3 Å². The molecule has 4 aromatic rings. The number of nitrogens with one attached hydrogen (secondary N) is 1. The van der Waals surface area contributed by atoms with Crippen LogP contribution in [0.2, 0.25) is 0 Å². The van der Waals surface area contributed by atoms with Crippen LogP contribution in [0.5, 0.6) is 0 Å². The highest BCUT2D eigenvalue weighted by molar-refractivity contribution is 9.09. The first-order chi connectivity index (χ1) is 26.7. The second kappa shape index (κ2) is 24.4. The van der Waals surface area contributed by atoms with E-state index in [1.807, 2.05) is 59.2 Å². The van der Waals surface area contributed by atoms with E-state index < -0.39 is 0 Å². The van der Waals surface area contributed by atoms with Gasteiger partial charge in [-0.15, -0.1) is 45.3 Å². The van der Waals surface area contributed by atoms with Crippen LogP contribution in [0.4, 0.5) is 0 Å². The number of ether oxygens (including phenoxy) is 2. The van der Waals surface area contributed by atoms with Crippen LogP contribution >= 0.6 is 61.3 Å². The largest absolute Gasteiger partial charge is 0.466 e. The molecule has 0 saturated carbocycles. The first-order valence-corrected chi connectivity index (χ1v) is 24.2. The Labute approximate surface area is 354 Å². The number of rotatable bonds is 13. The zero-order valence-electron chi connectivity index (χ0n) is 33.4. The number of hydrogen-bond donors (Lipinski definition) is 1. The lowest BCUT2D eigenvalue weighted by Crippen LogP contribution is -2.39. The standard InChI is InChI=1S/C22H29NO2S2.C14H15BrS2.C8H15NO2/c1-4-25-22(24)18-7-5-11-23(15-18)12-6-8-19(20-16(2)9-13-26-20)21-17(3)10-14-27-21;1-10-5-8-16-13(10)12(4-3-7-15)14-11(2)6-9-17-14;1-2-11-8(10)7-4-3-5-9-6-7/h8-10,13-14,18H,4-7,11-12,15H2,1-3H3;4-6,8-9H,3,7H2,1-2H3;7,9H,2-6H2,1H3. The molecule has 2 atom stereocenters. The van der Waals surface area contributed by atoms with E-state index in [0.717, 1.165) is 76.6 Å². The molecule has 0 amide bonds. The van der Waals surface area contributed by atoms with Crippen LogP contribution in [0, 0.1) is 39.5 Å². The Morgan fingerprint density at radius 1 is 0.727 bits per heavy atom. The predicted octanol–water partition coefficient (Wildman–Crippen LogP) is 11.7. The Balaban J connectivity index is 0.000000204. The lowest BCUT2D eigenvalue weighted by atomic mass is 9.98. The highest BCUT2D eigenvalue weighted by Crippen LogP contribution is 2.37. The monoisotopic (exact) mass is 886 g/mol. The van der Waals surface area contributed by atoms with Crippen LogP contribution in [-0.2, 0) is 19.1 Å². The zero-order chi connectivity index (χ0) is 39.6. The summed E-state index contributed by atoms with van der Waals surface area (Å²) < 4.78 is 10.1. The van der Waals surface area contributed by atoms with E-state index in [2.05, 4.69) is 112 Å². The summed E-state index contributed by atoms with van der Waals surface area (Å²) in [7, 11) is 0. The van der Waals surface area contributed by atoms with Crippen molar-refractivity contribution in [1.82, 2.24) is 10.2 Å². The van der Waals surface area contributed by atoms with Crippen LogP contribution in [0.1, 0.15) is 94.1 Å². The molecule has 0 radical (unpaired) electrons. The SMILES string of the molecule is CCOC(=O)C1CCCN(CCC=C(c2sccc2C)c2sccc2C)C1.CCOC(=O)C1CCCNC1.Cc1ccsc1C(=CCCBr)c1sccc1C. The van der Waals surface area contributed by atoms with Crippen LogP contribution in [0.3, 0.4) is 0 Å². The van der Waals surface area contributed by atoms with Gasteiger partial charge in [0, 0.05) is 55.6 Å². The van der Waals surface area contributed by atoms with Crippen molar-refractivity contribution in [3.05, 3.63) is 99.7 Å². The Hall–Kier alpha value is -2.38. The van der Waals surface area contributed by atoms with E-state index in [1.165, 1.54) is 52.9 Å². The summed E-state index contributed by atoms with van der Waals surface area (Å²) in [4.78, 5) is 31.2. The minimum atomic E-state index is -0.0419. The van der Waals surface area contributed by atoms with Crippen molar-refractivity contribution in [2.45, 2.75) is 80.1 Å². The summed E-state index contributed by atoms with van der Waals surface area (Å²) in [5, 5.41) is 12.9. The highest BCUT2D eigenvalue weighted by Gasteiger charge is 2.26. The highest BCUT2D eigenvalue weighted by atomic mass is 79.9. The van der Waals surface area contributed by atoms with E-state index >= 15 is 0 Å². The summed E-state index contributed by atoms with van der Waals surface area (Å²) in [5.41, 5.74) is 8.23. The first kappa shape index (κ1) is 45.3. The van der Waals surface area contributed by atoms with Crippen molar-refractivity contribution in [2.24, 2.45) is 11.8 Å². The Kier molecular flexibility index (Phi) is 20.1. The summed E-state index contributed by atoms with van der Waals surface area (Å²) in [6.07, 6.45) is 10.9. The van der Waals surface area contributed by atoms with Gasteiger partial charge in [-0.3, -0.25) is 9.59 Å². The number of halogens is 1. The fraction of sp³-hybridized carbons (Fsp3) is 0.500. The molecule has 300 valence electrons. The molecule has 2 aliphatic heterocycles. The molecule has 4 aromatic heterocycles. The van der Waals surface area contributed by atoms with Gasteiger partial charge in [-0.1, -0.05) is 28.1 Å². The number of hydrogen-bond acceptors (Lipinski definition) is 10. The van der Waals surface area contributed by atoms with E-state index in [1.54, 1.807) is 0 Å². The molecular weight excluding hydrogens is 829 g/mol. The number of esters is 2. The fourth-order valence-electron chi connectivity index (χ4n) is 6.79. The van der Waals surface area contributed by atoms with E-state index in [0.29, 0.717) is 13.2 Å². The summed E-state index contributed by atoms with van der Waals surface area (Å²) in [6.45, 7) is 18.2. The Morgan fingerprint density at radius 3 is 1.58 bits per heavy atom. The van der Waals surface area contributed by atoms with Crippen molar-refractivity contribution in [1.29, 1.82) is 0 Å². The van der Waals surface area contributed by atoms with Crippen molar-refractivity contribution in [3.8, 4) is 0 Å². The number of thiophene rings is 4. The Morgan fingerprint density at radius 2 is 1.18 bits per heavy atom. The maximum Gasteiger partial charge on any atom is 0.310 e. The first-order valence-electron chi connectivity index (χ1n) is 19.6. The maximum absolute atomic E-state index is 12.1. The lowest BCUT2D eigenvalue weighted by Gasteiger charge is -2.31. The quantitative estimate of drug-likeness (QED) is 0.107. The molecule has 0 aromatic carbocycles. The number of piperidine rings is 2. The molecule has 11 heteroatoms. The van der Waals surface area contributed by atoms with Crippen LogP contribution in [0.25, 0.3) is 11.1 Å². The minimum Gasteiger partial charge on any atom is -0.466 e. The average Bonchev–Trinajstić information content (AvgIpc) is 4.02.